The predicted octanol–water partition coefficient (Wildman–Crippen LogP) is 2.82. The first kappa shape index (κ1) is 14.8. The summed E-state index contributed by atoms with van der Waals surface area (Å²) in [5.41, 5.74) is 0.000181. The quantitative estimate of drug-likeness (QED) is 0.716. The predicted molar refractivity (Wildman–Crippen MR) is 58.4 cm³/mol. The van der Waals surface area contributed by atoms with Crippen molar-refractivity contribution in [3.8, 4) is 0 Å². The molecule has 0 aromatic heterocycles. The molecule has 0 aliphatic rings. The van der Waals surface area contributed by atoms with Gasteiger partial charge in [-0.05, 0) is 27.2 Å². The minimum Gasteiger partial charge on any atom is -0.371 e. The summed E-state index contributed by atoms with van der Waals surface area (Å²) < 4.78 is 29.1. The maximum absolute atomic E-state index is 12.0. The molecule has 0 fully saturated rings. The molecule has 0 radical (unpaired) electrons. The number of hydrogen-bond acceptors (Lipinski definition) is 2. The lowest BCUT2D eigenvalue weighted by Gasteiger charge is -2.25. The number of rotatable bonds is 7. The number of nitrogens with one attached hydrogen (secondary N) is 1. The number of alkyl halides is 2. The van der Waals surface area contributed by atoms with Gasteiger partial charge in [-0.15, -0.1) is 0 Å². The summed E-state index contributed by atoms with van der Waals surface area (Å²) in [6.45, 7) is 8.33. The zero-order valence-electron chi connectivity index (χ0n) is 10.1. The van der Waals surface area contributed by atoms with Crippen LogP contribution in [0.2, 0.25) is 0 Å². The van der Waals surface area contributed by atoms with E-state index in [1.54, 1.807) is 0 Å². The highest BCUT2D eigenvalue weighted by Crippen LogP contribution is 2.06. The lowest BCUT2D eigenvalue weighted by Crippen LogP contribution is -2.42. The molecule has 0 aliphatic carbocycles. The Morgan fingerprint density at radius 3 is 2.27 bits per heavy atom. The molecule has 0 saturated heterocycles. The van der Waals surface area contributed by atoms with Crippen LogP contribution in [0.15, 0.2) is 0 Å². The minimum absolute atomic E-state index is 0.000181. The number of ether oxygens (including phenoxy) is 1. The third-order valence-electron chi connectivity index (χ3n) is 1.93. The first-order valence-corrected chi connectivity index (χ1v) is 5.50. The van der Waals surface area contributed by atoms with Gasteiger partial charge >= 0.3 is 0 Å². The van der Waals surface area contributed by atoms with Gasteiger partial charge in [0.05, 0.1) is 6.10 Å². The van der Waals surface area contributed by atoms with Crippen molar-refractivity contribution in [1.29, 1.82) is 0 Å². The van der Waals surface area contributed by atoms with Crippen LogP contribution in [-0.4, -0.2) is 31.2 Å². The van der Waals surface area contributed by atoms with E-state index < -0.39 is 13.0 Å². The monoisotopic (exact) mass is 223 g/mol. The highest BCUT2D eigenvalue weighted by molar-refractivity contribution is 4.73. The molecule has 0 heterocycles. The van der Waals surface area contributed by atoms with Crippen molar-refractivity contribution < 1.29 is 13.5 Å². The molecular weight excluding hydrogens is 200 g/mol. The molecule has 0 aliphatic heterocycles. The van der Waals surface area contributed by atoms with Gasteiger partial charge in [0.1, 0.15) is 6.61 Å². The Balaban J connectivity index is 3.82. The Kier molecular flexibility index (Phi) is 7.02. The van der Waals surface area contributed by atoms with Crippen LogP contribution in [0, 0.1) is 0 Å². The zero-order valence-corrected chi connectivity index (χ0v) is 10.1. The van der Waals surface area contributed by atoms with E-state index >= 15 is 0 Å². The summed E-state index contributed by atoms with van der Waals surface area (Å²) in [4.78, 5) is 0. The Morgan fingerprint density at radius 1 is 1.27 bits per heavy atom. The molecule has 92 valence electrons. The van der Waals surface area contributed by atoms with Crippen LogP contribution in [-0.2, 0) is 4.74 Å². The van der Waals surface area contributed by atoms with Gasteiger partial charge < -0.3 is 10.1 Å². The van der Waals surface area contributed by atoms with E-state index in [1.807, 2.05) is 27.7 Å². The average molecular weight is 223 g/mol. The first-order valence-electron chi connectivity index (χ1n) is 5.50. The summed E-state index contributed by atoms with van der Waals surface area (Å²) in [6.07, 6.45) is -0.725. The van der Waals surface area contributed by atoms with Gasteiger partial charge in [-0.1, -0.05) is 13.3 Å². The Morgan fingerprint density at radius 2 is 1.87 bits per heavy atom. The molecule has 0 aromatic carbocycles. The van der Waals surface area contributed by atoms with Gasteiger partial charge in [-0.2, -0.15) is 0 Å². The molecule has 2 nitrogen and oxygen atoms in total. The molecular formula is C11H23F2NO. The molecule has 0 saturated carbocycles. The van der Waals surface area contributed by atoms with Crippen LogP contribution in [0.3, 0.4) is 0 Å². The Bertz CT molecular complexity index is 157. The van der Waals surface area contributed by atoms with Crippen LogP contribution in [0.1, 0.15) is 40.5 Å². The Hall–Kier alpha value is -0.220. The van der Waals surface area contributed by atoms with Crippen molar-refractivity contribution in [2.24, 2.45) is 0 Å². The molecule has 1 unspecified atom stereocenters. The standard InChI is InChI=1S/C11H23F2NO/c1-5-6-9(15-8-10(12)13)7-14-11(2,3)4/h9-10,14H,5-8H2,1-4H3. The molecule has 15 heavy (non-hydrogen) atoms. The molecule has 0 spiro atoms. The van der Waals surface area contributed by atoms with E-state index in [9.17, 15) is 8.78 Å². The lowest BCUT2D eigenvalue weighted by atomic mass is 10.1. The van der Waals surface area contributed by atoms with Gasteiger partial charge in [0.15, 0.2) is 0 Å². The fourth-order valence-corrected chi connectivity index (χ4v) is 1.20. The van der Waals surface area contributed by atoms with Crippen LogP contribution in [0.25, 0.3) is 0 Å². The molecule has 1 atom stereocenters. The topological polar surface area (TPSA) is 21.3 Å². The maximum Gasteiger partial charge on any atom is 0.261 e. The van der Waals surface area contributed by atoms with E-state index in [2.05, 4.69) is 5.32 Å². The number of halogens is 2. The van der Waals surface area contributed by atoms with Crippen LogP contribution < -0.4 is 5.32 Å². The van der Waals surface area contributed by atoms with Crippen molar-refractivity contribution in [2.45, 2.75) is 58.6 Å². The molecule has 0 aromatic rings. The second-order valence-corrected chi connectivity index (χ2v) is 4.77. The van der Waals surface area contributed by atoms with E-state index in [-0.39, 0.29) is 11.6 Å². The smallest absolute Gasteiger partial charge is 0.261 e. The van der Waals surface area contributed by atoms with Crippen molar-refractivity contribution in [1.82, 2.24) is 5.32 Å². The summed E-state index contributed by atoms with van der Waals surface area (Å²) in [7, 11) is 0. The molecule has 0 rings (SSSR count). The van der Waals surface area contributed by atoms with Gasteiger partial charge in [0.25, 0.3) is 6.43 Å². The largest absolute Gasteiger partial charge is 0.371 e. The second kappa shape index (κ2) is 7.12. The van der Waals surface area contributed by atoms with Gasteiger partial charge in [0, 0.05) is 12.1 Å². The third-order valence-corrected chi connectivity index (χ3v) is 1.93. The summed E-state index contributed by atoms with van der Waals surface area (Å²) >= 11 is 0. The van der Waals surface area contributed by atoms with Gasteiger partial charge in [-0.25, -0.2) is 8.78 Å². The number of hydrogen-bond donors (Lipinski definition) is 1. The fraction of sp³-hybridized carbons (Fsp3) is 1.00. The highest BCUT2D eigenvalue weighted by atomic mass is 19.3. The van der Waals surface area contributed by atoms with Crippen LogP contribution in [0.4, 0.5) is 8.78 Å². The second-order valence-electron chi connectivity index (χ2n) is 4.77. The third kappa shape index (κ3) is 10.1. The summed E-state index contributed by atoms with van der Waals surface area (Å²) in [5, 5.41) is 3.26. The lowest BCUT2D eigenvalue weighted by molar-refractivity contribution is -0.0280. The van der Waals surface area contributed by atoms with Crippen molar-refractivity contribution in [2.75, 3.05) is 13.2 Å². The molecule has 1 N–H and O–H groups in total. The first-order chi connectivity index (χ1) is 6.85. The van der Waals surface area contributed by atoms with Crippen molar-refractivity contribution >= 4 is 0 Å². The van der Waals surface area contributed by atoms with Gasteiger partial charge in [-0.3, -0.25) is 0 Å². The van der Waals surface area contributed by atoms with Crippen LogP contribution in [0.5, 0.6) is 0 Å². The summed E-state index contributed by atoms with van der Waals surface area (Å²) in [6, 6.07) is 0. The van der Waals surface area contributed by atoms with Gasteiger partial charge in [0.2, 0.25) is 0 Å². The molecule has 4 heteroatoms. The fourth-order valence-electron chi connectivity index (χ4n) is 1.20. The van der Waals surface area contributed by atoms with Crippen molar-refractivity contribution in [3.63, 3.8) is 0 Å². The van der Waals surface area contributed by atoms with E-state index in [4.69, 9.17) is 4.74 Å². The van der Waals surface area contributed by atoms with Crippen LogP contribution >= 0.6 is 0 Å². The molecule has 0 amide bonds. The minimum atomic E-state index is -2.38. The Labute approximate surface area is 91.4 Å². The van der Waals surface area contributed by atoms with E-state index in [1.165, 1.54) is 0 Å². The zero-order chi connectivity index (χ0) is 11.9. The highest BCUT2D eigenvalue weighted by Gasteiger charge is 2.15. The van der Waals surface area contributed by atoms with E-state index in [0.717, 1.165) is 12.8 Å². The average Bonchev–Trinajstić information content (AvgIpc) is 2.08. The summed E-state index contributed by atoms with van der Waals surface area (Å²) in [5.74, 6) is 0. The van der Waals surface area contributed by atoms with Crippen molar-refractivity contribution in [3.05, 3.63) is 0 Å². The molecule has 0 bridgehead atoms. The normalized spacial score (nSPS) is 14.6. The SMILES string of the molecule is CCCC(CNC(C)(C)C)OCC(F)F. The maximum atomic E-state index is 12.0. The van der Waals surface area contributed by atoms with E-state index in [0.29, 0.717) is 6.54 Å².